The van der Waals surface area contributed by atoms with Gasteiger partial charge in [0.1, 0.15) is 5.75 Å². The maximum absolute atomic E-state index is 5.87. The van der Waals surface area contributed by atoms with E-state index >= 15 is 0 Å². The van der Waals surface area contributed by atoms with E-state index in [4.69, 9.17) is 4.74 Å². The van der Waals surface area contributed by atoms with Crippen LogP contribution >= 0.6 is 15.9 Å². The lowest BCUT2D eigenvalue weighted by molar-refractivity contribution is 0.314. The molecule has 0 aliphatic carbocycles. The molecule has 1 N–H and O–H groups in total. The van der Waals surface area contributed by atoms with Gasteiger partial charge >= 0.3 is 0 Å². The van der Waals surface area contributed by atoms with Crippen LogP contribution in [0.4, 0.5) is 0 Å². The molecule has 19 heavy (non-hydrogen) atoms. The number of nitrogens with zero attached hydrogens (tertiary/aromatic N) is 2. The van der Waals surface area contributed by atoms with E-state index in [1.807, 2.05) is 37.0 Å². The van der Waals surface area contributed by atoms with Crippen LogP contribution in [-0.2, 0) is 20.0 Å². The highest BCUT2D eigenvalue weighted by molar-refractivity contribution is 9.10. The molecule has 102 valence electrons. The number of hydrogen-bond acceptors (Lipinski definition) is 3. The third kappa shape index (κ3) is 3.81. The van der Waals surface area contributed by atoms with E-state index in [1.54, 1.807) is 6.20 Å². The first kappa shape index (κ1) is 14.1. The van der Waals surface area contributed by atoms with Crippen molar-refractivity contribution in [1.82, 2.24) is 15.1 Å². The molecule has 1 heterocycles. The van der Waals surface area contributed by atoms with Crippen molar-refractivity contribution in [2.24, 2.45) is 7.05 Å². The topological polar surface area (TPSA) is 39.1 Å². The Labute approximate surface area is 121 Å². The lowest BCUT2D eigenvalue weighted by atomic mass is 10.2. The Morgan fingerprint density at radius 2 is 2.21 bits per heavy atom. The second kappa shape index (κ2) is 6.73. The van der Waals surface area contributed by atoms with Gasteiger partial charge < -0.3 is 10.1 Å². The number of benzene rings is 1. The van der Waals surface area contributed by atoms with Crippen molar-refractivity contribution < 1.29 is 4.74 Å². The Kier molecular flexibility index (Phi) is 4.99. The van der Waals surface area contributed by atoms with Crippen molar-refractivity contribution in [3.8, 4) is 5.75 Å². The zero-order valence-corrected chi connectivity index (χ0v) is 12.8. The molecule has 0 radical (unpaired) electrons. The maximum atomic E-state index is 5.87. The largest absolute Gasteiger partial charge is 0.493 e. The van der Waals surface area contributed by atoms with Crippen molar-refractivity contribution in [3.05, 3.63) is 46.2 Å². The van der Waals surface area contributed by atoms with Crippen molar-refractivity contribution >= 4 is 15.9 Å². The highest BCUT2D eigenvalue weighted by atomic mass is 79.9. The fourth-order valence-electron chi connectivity index (χ4n) is 1.93. The minimum Gasteiger partial charge on any atom is -0.493 e. The Bertz CT molecular complexity index is 539. The van der Waals surface area contributed by atoms with Gasteiger partial charge in [0.2, 0.25) is 0 Å². The van der Waals surface area contributed by atoms with Crippen molar-refractivity contribution in [1.29, 1.82) is 0 Å². The zero-order valence-electron chi connectivity index (χ0n) is 11.2. The summed E-state index contributed by atoms with van der Waals surface area (Å²) in [7, 11) is 3.88. The van der Waals surface area contributed by atoms with Crippen LogP contribution in [0, 0.1) is 0 Å². The molecule has 0 aliphatic heterocycles. The van der Waals surface area contributed by atoms with Gasteiger partial charge in [0.05, 0.1) is 6.61 Å². The first-order valence-electron chi connectivity index (χ1n) is 6.23. The summed E-state index contributed by atoms with van der Waals surface area (Å²) in [5.74, 6) is 0.930. The van der Waals surface area contributed by atoms with Crippen LogP contribution in [0.2, 0.25) is 0 Å². The lowest BCUT2D eigenvalue weighted by Crippen LogP contribution is -2.10. The third-order valence-electron chi connectivity index (χ3n) is 2.93. The molecule has 1 aromatic heterocycles. The normalized spacial score (nSPS) is 10.7. The summed E-state index contributed by atoms with van der Waals surface area (Å²) in [6, 6.07) is 8.09. The zero-order chi connectivity index (χ0) is 13.7. The van der Waals surface area contributed by atoms with Crippen molar-refractivity contribution in [3.63, 3.8) is 0 Å². The fourth-order valence-corrected chi connectivity index (χ4v) is 2.34. The minimum absolute atomic E-state index is 0.651. The van der Waals surface area contributed by atoms with Crippen LogP contribution in [-0.4, -0.2) is 23.4 Å². The fraction of sp³-hybridized carbons (Fsp3) is 0.357. The van der Waals surface area contributed by atoms with Crippen LogP contribution < -0.4 is 10.1 Å². The van der Waals surface area contributed by atoms with E-state index in [2.05, 4.69) is 32.4 Å². The van der Waals surface area contributed by atoms with Gasteiger partial charge in [-0.2, -0.15) is 5.10 Å². The summed E-state index contributed by atoms with van der Waals surface area (Å²) in [4.78, 5) is 0. The van der Waals surface area contributed by atoms with Gasteiger partial charge in [-0.25, -0.2) is 0 Å². The second-order valence-electron chi connectivity index (χ2n) is 4.33. The number of rotatable bonds is 6. The van der Waals surface area contributed by atoms with E-state index in [0.29, 0.717) is 6.61 Å². The van der Waals surface area contributed by atoms with E-state index in [0.717, 1.165) is 28.8 Å². The minimum atomic E-state index is 0.651. The van der Waals surface area contributed by atoms with Gasteiger partial charge in [-0.3, -0.25) is 4.68 Å². The highest BCUT2D eigenvalue weighted by Gasteiger charge is 2.05. The average molecular weight is 324 g/mol. The van der Waals surface area contributed by atoms with E-state index in [9.17, 15) is 0 Å². The molecule has 0 atom stereocenters. The van der Waals surface area contributed by atoms with Gasteiger partial charge in [-0.15, -0.1) is 0 Å². The van der Waals surface area contributed by atoms with Crippen molar-refractivity contribution in [2.45, 2.75) is 13.0 Å². The molecule has 0 amide bonds. The number of nitrogens with one attached hydrogen (secondary N) is 1. The summed E-state index contributed by atoms with van der Waals surface area (Å²) in [6.07, 6.45) is 2.66. The molecule has 0 unspecified atom stereocenters. The standard InChI is InChI=1S/C14H18BrN3O/c1-16-10-11-9-12(15)3-4-14(11)19-8-6-13-5-7-17-18(13)2/h3-5,7,9,16H,6,8,10H2,1-2H3. The first-order valence-corrected chi connectivity index (χ1v) is 7.02. The summed E-state index contributed by atoms with van der Waals surface area (Å²) >= 11 is 3.48. The summed E-state index contributed by atoms with van der Waals surface area (Å²) in [5, 5.41) is 7.30. The van der Waals surface area contributed by atoms with Gasteiger partial charge in [0.25, 0.3) is 0 Å². The van der Waals surface area contributed by atoms with Crippen LogP contribution in [0.1, 0.15) is 11.3 Å². The number of hydrogen-bond donors (Lipinski definition) is 1. The molecule has 5 heteroatoms. The summed E-state index contributed by atoms with van der Waals surface area (Å²) < 4.78 is 8.81. The Balaban J connectivity index is 1.97. The summed E-state index contributed by atoms with van der Waals surface area (Å²) in [6.45, 7) is 1.44. The smallest absolute Gasteiger partial charge is 0.123 e. The van der Waals surface area contributed by atoms with Gasteiger partial charge in [0, 0.05) is 41.9 Å². The molecule has 4 nitrogen and oxygen atoms in total. The SMILES string of the molecule is CNCc1cc(Br)ccc1OCCc1ccnn1C. The van der Waals surface area contributed by atoms with E-state index in [1.165, 1.54) is 5.69 Å². The van der Waals surface area contributed by atoms with Crippen LogP contribution in [0.5, 0.6) is 5.75 Å². The number of aromatic nitrogens is 2. The van der Waals surface area contributed by atoms with Crippen LogP contribution in [0.3, 0.4) is 0 Å². The first-order chi connectivity index (χ1) is 9.20. The molecule has 1 aromatic carbocycles. The van der Waals surface area contributed by atoms with Crippen molar-refractivity contribution in [2.75, 3.05) is 13.7 Å². The quantitative estimate of drug-likeness (QED) is 0.887. The van der Waals surface area contributed by atoms with E-state index < -0.39 is 0 Å². The average Bonchev–Trinajstić information content (AvgIpc) is 2.78. The van der Waals surface area contributed by atoms with Gasteiger partial charge in [-0.05, 0) is 31.3 Å². The number of aryl methyl sites for hydroxylation is 1. The number of halogens is 1. The molecule has 0 saturated heterocycles. The second-order valence-corrected chi connectivity index (χ2v) is 5.24. The van der Waals surface area contributed by atoms with Gasteiger partial charge in [0.15, 0.2) is 0 Å². The third-order valence-corrected chi connectivity index (χ3v) is 3.42. The molecule has 2 rings (SSSR count). The lowest BCUT2D eigenvalue weighted by Gasteiger charge is -2.12. The number of ether oxygens (including phenoxy) is 1. The Hall–Kier alpha value is -1.33. The molecule has 2 aromatic rings. The Morgan fingerprint density at radius 3 is 2.89 bits per heavy atom. The van der Waals surface area contributed by atoms with Crippen LogP contribution in [0.15, 0.2) is 34.9 Å². The predicted molar refractivity (Wildman–Crippen MR) is 79.3 cm³/mol. The van der Waals surface area contributed by atoms with Crippen LogP contribution in [0.25, 0.3) is 0 Å². The maximum Gasteiger partial charge on any atom is 0.123 e. The molecular weight excluding hydrogens is 306 g/mol. The molecular formula is C14H18BrN3O. The molecule has 0 saturated carbocycles. The molecule has 0 fully saturated rings. The summed E-state index contributed by atoms with van der Waals surface area (Å²) in [5.41, 5.74) is 2.33. The highest BCUT2D eigenvalue weighted by Crippen LogP contribution is 2.23. The van der Waals surface area contributed by atoms with Gasteiger partial charge in [-0.1, -0.05) is 15.9 Å². The predicted octanol–water partition coefficient (Wildman–Crippen LogP) is 2.52. The monoisotopic (exact) mass is 323 g/mol. The van der Waals surface area contributed by atoms with E-state index in [-0.39, 0.29) is 0 Å². The molecule has 0 aliphatic rings. The molecule has 0 spiro atoms. The Morgan fingerprint density at radius 1 is 1.37 bits per heavy atom. The molecule has 0 bridgehead atoms.